The lowest BCUT2D eigenvalue weighted by Crippen LogP contribution is -2.38. The fourth-order valence-electron chi connectivity index (χ4n) is 3.72. The third-order valence-corrected chi connectivity index (χ3v) is 5.02. The minimum absolute atomic E-state index is 0.193. The van der Waals surface area contributed by atoms with E-state index < -0.39 is 46.4 Å². The van der Waals surface area contributed by atoms with Crippen LogP contribution in [0.4, 0.5) is 21.5 Å². The Bertz CT molecular complexity index is 942. The van der Waals surface area contributed by atoms with Gasteiger partial charge in [-0.3, -0.25) is 24.5 Å². The van der Waals surface area contributed by atoms with Crippen molar-refractivity contribution in [2.75, 3.05) is 23.5 Å². The Morgan fingerprint density at radius 3 is 2.26 bits per heavy atom. The molecule has 1 aromatic rings. The van der Waals surface area contributed by atoms with Gasteiger partial charge in [-0.05, 0) is 25.7 Å². The number of imide groups is 1. The van der Waals surface area contributed by atoms with Gasteiger partial charge in [-0.25, -0.2) is 9.29 Å². The summed E-state index contributed by atoms with van der Waals surface area (Å²) in [5.74, 6) is -3.39. The SMILES string of the molecule is CN1C(=O)COc2cc(F)c(N3C(=O)C4=C(CCCC4)C3=O)c([N+](=O)[O-])c21. The van der Waals surface area contributed by atoms with Gasteiger partial charge in [0.2, 0.25) is 0 Å². The van der Waals surface area contributed by atoms with Gasteiger partial charge in [0.15, 0.2) is 29.5 Å². The lowest BCUT2D eigenvalue weighted by atomic mass is 9.93. The molecule has 0 saturated heterocycles. The number of halogens is 1. The quantitative estimate of drug-likeness (QED) is 0.443. The van der Waals surface area contributed by atoms with Crippen LogP contribution in [-0.2, 0) is 14.4 Å². The Balaban J connectivity index is 1.94. The van der Waals surface area contributed by atoms with Crippen LogP contribution < -0.4 is 14.5 Å². The summed E-state index contributed by atoms with van der Waals surface area (Å²) in [6, 6.07) is 0.860. The third kappa shape index (κ3) is 2.32. The van der Waals surface area contributed by atoms with Crippen molar-refractivity contribution in [1.82, 2.24) is 0 Å². The molecular formula is C17H14FN3O6. The number of nitro benzene ring substituents is 1. The Labute approximate surface area is 152 Å². The molecule has 0 N–H and O–H groups in total. The molecule has 0 bridgehead atoms. The summed E-state index contributed by atoms with van der Waals surface area (Å²) >= 11 is 0. The molecule has 140 valence electrons. The van der Waals surface area contributed by atoms with E-state index >= 15 is 0 Å². The standard InChI is InChI=1S/C17H14FN3O6/c1-19-12(22)7-27-11-6-10(18)13(15(14(11)19)21(25)26)20-16(23)8-4-2-3-5-9(8)17(20)24/h6H,2-5,7H2,1H3. The molecule has 2 heterocycles. The average molecular weight is 375 g/mol. The number of hydrogen-bond donors (Lipinski definition) is 0. The second-order valence-electron chi connectivity index (χ2n) is 6.51. The topological polar surface area (TPSA) is 110 Å². The number of benzene rings is 1. The highest BCUT2D eigenvalue weighted by Gasteiger charge is 2.46. The van der Waals surface area contributed by atoms with Crippen molar-refractivity contribution in [3.05, 3.63) is 33.1 Å². The fourth-order valence-corrected chi connectivity index (χ4v) is 3.72. The van der Waals surface area contributed by atoms with Gasteiger partial charge in [0.25, 0.3) is 17.7 Å². The lowest BCUT2D eigenvalue weighted by molar-refractivity contribution is -0.383. The molecule has 0 spiro atoms. The van der Waals surface area contributed by atoms with Gasteiger partial charge in [0.05, 0.1) is 4.92 Å². The van der Waals surface area contributed by atoms with E-state index in [1.165, 1.54) is 7.05 Å². The summed E-state index contributed by atoms with van der Waals surface area (Å²) in [4.78, 5) is 49.7. The van der Waals surface area contributed by atoms with Crippen molar-refractivity contribution >= 4 is 34.8 Å². The number of carbonyl (C=O) groups is 3. The number of amides is 3. The number of carbonyl (C=O) groups excluding carboxylic acids is 3. The Kier molecular flexibility index (Phi) is 3.72. The minimum Gasteiger partial charge on any atom is -0.481 e. The van der Waals surface area contributed by atoms with Gasteiger partial charge < -0.3 is 9.64 Å². The Morgan fingerprint density at radius 2 is 1.70 bits per heavy atom. The van der Waals surface area contributed by atoms with E-state index in [4.69, 9.17) is 4.74 Å². The number of ether oxygens (including phenoxy) is 1. The zero-order chi connectivity index (χ0) is 19.5. The summed E-state index contributed by atoms with van der Waals surface area (Å²) in [6.07, 6.45) is 2.17. The number of nitro groups is 1. The van der Waals surface area contributed by atoms with Crippen molar-refractivity contribution in [1.29, 1.82) is 0 Å². The molecule has 3 aliphatic rings. The molecule has 9 nitrogen and oxygen atoms in total. The number of fused-ring (bicyclic) bond motifs is 1. The molecule has 2 aliphatic heterocycles. The number of rotatable bonds is 2. The van der Waals surface area contributed by atoms with Crippen LogP contribution in [-0.4, -0.2) is 36.3 Å². The smallest absolute Gasteiger partial charge is 0.323 e. The maximum absolute atomic E-state index is 14.8. The van der Waals surface area contributed by atoms with E-state index in [2.05, 4.69) is 0 Å². The first kappa shape index (κ1) is 17.1. The van der Waals surface area contributed by atoms with E-state index in [1.54, 1.807) is 0 Å². The predicted octanol–water partition coefficient (Wildman–Crippen LogP) is 1.83. The van der Waals surface area contributed by atoms with Crippen LogP contribution in [0.1, 0.15) is 25.7 Å². The van der Waals surface area contributed by atoms with Crippen molar-refractivity contribution in [3.8, 4) is 5.75 Å². The van der Waals surface area contributed by atoms with Crippen LogP contribution in [0.3, 0.4) is 0 Å². The summed E-state index contributed by atoms with van der Waals surface area (Å²) in [5.41, 5.74) is -1.33. The van der Waals surface area contributed by atoms with Gasteiger partial charge >= 0.3 is 5.69 Å². The van der Waals surface area contributed by atoms with E-state index in [1.807, 2.05) is 0 Å². The fraction of sp³-hybridized carbons (Fsp3) is 0.353. The maximum atomic E-state index is 14.8. The predicted molar refractivity (Wildman–Crippen MR) is 89.9 cm³/mol. The van der Waals surface area contributed by atoms with Gasteiger partial charge in [-0.1, -0.05) is 0 Å². The zero-order valence-electron chi connectivity index (χ0n) is 14.3. The van der Waals surface area contributed by atoms with Gasteiger partial charge in [-0.2, -0.15) is 0 Å². The number of anilines is 2. The minimum atomic E-state index is -1.13. The average Bonchev–Trinajstić information content (AvgIpc) is 2.89. The van der Waals surface area contributed by atoms with Crippen LogP contribution in [0.5, 0.6) is 5.75 Å². The number of hydrogen-bond acceptors (Lipinski definition) is 6. The van der Waals surface area contributed by atoms with E-state index in [0.29, 0.717) is 30.6 Å². The summed E-state index contributed by atoms with van der Waals surface area (Å²) in [7, 11) is 1.29. The van der Waals surface area contributed by atoms with Crippen LogP contribution in [0.2, 0.25) is 0 Å². The highest BCUT2D eigenvalue weighted by Crippen LogP contribution is 2.49. The number of likely N-dealkylation sites (N-methyl/N-ethyl adjacent to an activating group) is 1. The Morgan fingerprint density at radius 1 is 1.11 bits per heavy atom. The van der Waals surface area contributed by atoms with Crippen LogP contribution in [0.15, 0.2) is 17.2 Å². The van der Waals surface area contributed by atoms with Gasteiger partial charge in [0.1, 0.15) is 0 Å². The zero-order valence-corrected chi connectivity index (χ0v) is 14.3. The van der Waals surface area contributed by atoms with Crippen LogP contribution >= 0.6 is 0 Å². The largest absolute Gasteiger partial charge is 0.481 e. The monoisotopic (exact) mass is 375 g/mol. The summed E-state index contributed by atoms with van der Waals surface area (Å²) in [6.45, 7) is -0.392. The molecule has 27 heavy (non-hydrogen) atoms. The third-order valence-electron chi connectivity index (χ3n) is 5.02. The summed E-state index contributed by atoms with van der Waals surface area (Å²) in [5, 5.41) is 11.8. The molecule has 4 rings (SSSR count). The van der Waals surface area contributed by atoms with Gasteiger partial charge in [-0.15, -0.1) is 0 Å². The molecule has 0 radical (unpaired) electrons. The molecule has 0 fully saturated rings. The normalized spacial score (nSPS) is 19.3. The summed E-state index contributed by atoms with van der Waals surface area (Å²) < 4.78 is 20.0. The Hall–Kier alpha value is -3.30. The molecule has 0 aromatic heterocycles. The molecule has 1 aliphatic carbocycles. The van der Waals surface area contributed by atoms with E-state index in [-0.39, 0.29) is 22.6 Å². The molecule has 3 amide bonds. The molecule has 0 saturated carbocycles. The second kappa shape index (κ2) is 5.86. The van der Waals surface area contributed by atoms with Crippen molar-refractivity contribution < 1.29 is 28.4 Å². The first-order chi connectivity index (χ1) is 12.8. The van der Waals surface area contributed by atoms with Gasteiger partial charge in [0, 0.05) is 24.3 Å². The maximum Gasteiger partial charge on any atom is 0.323 e. The lowest BCUT2D eigenvalue weighted by Gasteiger charge is -2.27. The molecule has 1 aromatic carbocycles. The molecule has 0 atom stereocenters. The molecule has 10 heteroatoms. The van der Waals surface area contributed by atoms with Crippen LogP contribution in [0, 0.1) is 15.9 Å². The van der Waals surface area contributed by atoms with Crippen molar-refractivity contribution in [2.24, 2.45) is 0 Å². The molecule has 0 unspecified atom stereocenters. The van der Waals surface area contributed by atoms with E-state index in [9.17, 15) is 28.9 Å². The van der Waals surface area contributed by atoms with Crippen LogP contribution in [0.25, 0.3) is 0 Å². The first-order valence-corrected chi connectivity index (χ1v) is 8.34. The highest BCUT2D eigenvalue weighted by atomic mass is 19.1. The highest BCUT2D eigenvalue weighted by molar-refractivity contribution is 6.34. The van der Waals surface area contributed by atoms with E-state index in [0.717, 1.165) is 11.0 Å². The second-order valence-corrected chi connectivity index (χ2v) is 6.51. The number of nitrogens with zero attached hydrogens (tertiary/aromatic N) is 3. The molecular weight excluding hydrogens is 361 g/mol. The van der Waals surface area contributed by atoms with Crippen molar-refractivity contribution in [2.45, 2.75) is 25.7 Å². The van der Waals surface area contributed by atoms with Crippen molar-refractivity contribution in [3.63, 3.8) is 0 Å². The first-order valence-electron chi connectivity index (χ1n) is 8.34.